The van der Waals surface area contributed by atoms with E-state index in [9.17, 15) is 17.6 Å². The number of nitrogens with zero attached hydrogens (tertiary/aromatic N) is 2. The summed E-state index contributed by atoms with van der Waals surface area (Å²) in [5.74, 6) is -0.510. The Labute approximate surface area is 141 Å². The summed E-state index contributed by atoms with van der Waals surface area (Å²) < 4.78 is 54.5. The van der Waals surface area contributed by atoms with E-state index in [1.807, 2.05) is 19.0 Å². The van der Waals surface area contributed by atoms with Crippen LogP contribution in [0.5, 0.6) is 0 Å². The molecule has 1 aliphatic heterocycles. The first-order valence-corrected chi connectivity index (χ1v) is 8.18. The van der Waals surface area contributed by atoms with E-state index in [0.717, 1.165) is 31.6 Å². The van der Waals surface area contributed by atoms with Crippen LogP contribution < -0.4 is 0 Å². The van der Waals surface area contributed by atoms with Crippen molar-refractivity contribution in [3.8, 4) is 0 Å². The smallest absolute Gasteiger partial charge is 0.305 e. The van der Waals surface area contributed by atoms with Gasteiger partial charge in [0.25, 0.3) is 0 Å². The monoisotopic (exact) mass is 346 g/mol. The van der Waals surface area contributed by atoms with Crippen LogP contribution in [-0.4, -0.2) is 43.0 Å². The zero-order valence-electron chi connectivity index (χ0n) is 15.0. The topological polar surface area (TPSA) is 6.48 Å². The van der Waals surface area contributed by atoms with E-state index < -0.39 is 23.0 Å². The van der Waals surface area contributed by atoms with Gasteiger partial charge < -0.3 is 4.90 Å². The lowest BCUT2D eigenvalue weighted by Gasteiger charge is -2.25. The molecule has 1 aromatic rings. The molecular formula is C18H26F4N2. The summed E-state index contributed by atoms with van der Waals surface area (Å²) in [7, 11) is 3.97. The van der Waals surface area contributed by atoms with Crippen LogP contribution in [0.3, 0.4) is 0 Å². The van der Waals surface area contributed by atoms with Gasteiger partial charge in [-0.3, -0.25) is 4.90 Å². The average Bonchev–Trinajstić information content (AvgIpc) is 2.87. The number of hydrogen-bond acceptors (Lipinski definition) is 2. The van der Waals surface area contributed by atoms with Gasteiger partial charge in [-0.25, -0.2) is 4.39 Å². The van der Waals surface area contributed by atoms with E-state index in [-0.39, 0.29) is 17.7 Å². The maximum atomic E-state index is 14.8. The van der Waals surface area contributed by atoms with Crippen LogP contribution in [0.25, 0.3) is 0 Å². The van der Waals surface area contributed by atoms with Crippen molar-refractivity contribution in [3.05, 3.63) is 34.6 Å². The molecule has 0 radical (unpaired) electrons. The highest BCUT2D eigenvalue weighted by atomic mass is 19.4. The van der Waals surface area contributed by atoms with Gasteiger partial charge in [0.05, 0.1) is 5.56 Å². The molecule has 0 aliphatic carbocycles. The van der Waals surface area contributed by atoms with Crippen LogP contribution in [0.4, 0.5) is 17.6 Å². The normalized spacial score (nSPS) is 20.2. The molecule has 1 aromatic carbocycles. The Morgan fingerprint density at radius 3 is 2.25 bits per heavy atom. The van der Waals surface area contributed by atoms with Crippen LogP contribution in [0.2, 0.25) is 0 Å². The fraction of sp³-hybridized carbons (Fsp3) is 0.667. The summed E-state index contributed by atoms with van der Waals surface area (Å²) in [6, 6.07) is 2.28. The molecule has 0 spiro atoms. The number of hydrogen-bond donors (Lipinski definition) is 0. The molecular weight excluding hydrogens is 320 g/mol. The van der Waals surface area contributed by atoms with Gasteiger partial charge in [0.1, 0.15) is 5.82 Å². The van der Waals surface area contributed by atoms with E-state index in [0.29, 0.717) is 6.04 Å². The summed E-state index contributed by atoms with van der Waals surface area (Å²) in [4.78, 5) is 4.12. The van der Waals surface area contributed by atoms with Crippen molar-refractivity contribution in [1.82, 2.24) is 9.80 Å². The Kier molecular flexibility index (Phi) is 5.31. The van der Waals surface area contributed by atoms with E-state index in [1.165, 1.54) is 0 Å². The van der Waals surface area contributed by atoms with Crippen molar-refractivity contribution in [2.24, 2.45) is 0 Å². The molecule has 6 heteroatoms. The van der Waals surface area contributed by atoms with E-state index in [2.05, 4.69) is 4.90 Å². The van der Waals surface area contributed by atoms with Gasteiger partial charge in [-0.05, 0) is 43.6 Å². The largest absolute Gasteiger partial charge is 0.416 e. The molecule has 1 unspecified atom stereocenters. The molecule has 0 bridgehead atoms. The highest BCUT2D eigenvalue weighted by Crippen LogP contribution is 2.36. The SMILES string of the molecule is CN(C)C1CCN(Cc2cc(C(F)(F)F)cc(C(C)(C)C)c2F)C1. The number of likely N-dealkylation sites (tertiary alicyclic amines) is 1. The lowest BCUT2D eigenvalue weighted by atomic mass is 9.84. The molecule has 136 valence electrons. The van der Waals surface area contributed by atoms with Crippen LogP contribution in [-0.2, 0) is 18.1 Å². The van der Waals surface area contributed by atoms with Crippen molar-refractivity contribution < 1.29 is 17.6 Å². The first-order chi connectivity index (χ1) is 10.9. The first-order valence-electron chi connectivity index (χ1n) is 8.18. The molecule has 1 atom stereocenters. The van der Waals surface area contributed by atoms with Gasteiger partial charge in [-0.15, -0.1) is 0 Å². The first kappa shape index (κ1) is 19.2. The number of halogens is 4. The van der Waals surface area contributed by atoms with Crippen LogP contribution in [0.1, 0.15) is 43.9 Å². The second kappa shape index (κ2) is 6.64. The number of rotatable bonds is 3. The van der Waals surface area contributed by atoms with Gasteiger partial charge in [-0.1, -0.05) is 20.8 Å². The Morgan fingerprint density at radius 2 is 1.79 bits per heavy atom. The Bertz CT molecular complexity index is 588. The molecule has 1 heterocycles. The zero-order chi connectivity index (χ0) is 18.3. The third kappa shape index (κ3) is 4.28. The minimum atomic E-state index is -4.47. The lowest BCUT2D eigenvalue weighted by molar-refractivity contribution is -0.137. The standard InChI is InChI=1S/C18H26F4N2/c1-17(2,3)15-9-13(18(20,21)22)8-12(16(15)19)10-24-7-6-14(11-24)23(4)5/h8-9,14H,6-7,10-11H2,1-5H3. The fourth-order valence-electron chi connectivity index (χ4n) is 3.13. The quantitative estimate of drug-likeness (QED) is 0.754. The van der Waals surface area contributed by atoms with Crippen molar-refractivity contribution in [1.29, 1.82) is 0 Å². The van der Waals surface area contributed by atoms with Crippen molar-refractivity contribution >= 4 is 0 Å². The Balaban J connectivity index is 2.35. The predicted molar refractivity (Wildman–Crippen MR) is 87.5 cm³/mol. The molecule has 1 fully saturated rings. The van der Waals surface area contributed by atoms with Crippen molar-refractivity contribution in [3.63, 3.8) is 0 Å². The Morgan fingerprint density at radius 1 is 1.17 bits per heavy atom. The minimum Gasteiger partial charge on any atom is -0.305 e. The van der Waals surface area contributed by atoms with Crippen molar-refractivity contribution in [2.75, 3.05) is 27.2 Å². The van der Waals surface area contributed by atoms with E-state index in [4.69, 9.17) is 0 Å². The maximum absolute atomic E-state index is 14.8. The highest BCUT2D eigenvalue weighted by molar-refractivity contribution is 5.37. The average molecular weight is 346 g/mol. The lowest BCUT2D eigenvalue weighted by Crippen LogP contribution is -2.31. The highest BCUT2D eigenvalue weighted by Gasteiger charge is 2.35. The molecule has 2 rings (SSSR count). The van der Waals surface area contributed by atoms with Crippen LogP contribution >= 0.6 is 0 Å². The molecule has 1 aliphatic rings. The third-order valence-electron chi connectivity index (χ3n) is 4.66. The van der Waals surface area contributed by atoms with Crippen LogP contribution in [0.15, 0.2) is 12.1 Å². The third-order valence-corrected chi connectivity index (χ3v) is 4.66. The fourth-order valence-corrected chi connectivity index (χ4v) is 3.13. The van der Waals surface area contributed by atoms with Crippen molar-refractivity contribution in [2.45, 2.75) is 51.4 Å². The molecule has 0 saturated carbocycles. The van der Waals surface area contributed by atoms with Gasteiger partial charge in [-0.2, -0.15) is 13.2 Å². The van der Waals surface area contributed by atoms with Gasteiger partial charge in [0, 0.05) is 31.2 Å². The van der Waals surface area contributed by atoms with Crippen LogP contribution in [0, 0.1) is 5.82 Å². The molecule has 0 N–H and O–H groups in total. The summed E-state index contributed by atoms with van der Waals surface area (Å²) in [5.41, 5.74) is -1.20. The van der Waals surface area contributed by atoms with E-state index >= 15 is 0 Å². The zero-order valence-corrected chi connectivity index (χ0v) is 15.0. The summed E-state index contributed by atoms with van der Waals surface area (Å²) in [5, 5.41) is 0. The summed E-state index contributed by atoms with van der Waals surface area (Å²) in [6.07, 6.45) is -3.53. The summed E-state index contributed by atoms with van der Waals surface area (Å²) >= 11 is 0. The van der Waals surface area contributed by atoms with Gasteiger partial charge in [0.2, 0.25) is 0 Å². The Hall–Kier alpha value is -1.14. The second-order valence-corrected chi connectivity index (χ2v) is 7.89. The maximum Gasteiger partial charge on any atom is 0.416 e. The molecule has 24 heavy (non-hydrogen) atoms. The number of alkyl halides is 3. The van der Waals surface area contributed by atoms with E-state index in [1.54, 1.807) is 20.8 Å². The molecule has 2 nitrogen and oxygen atoms in total. The number of benzene rings is 1. The number of likely N-dealkylation sites (N-methyl/N-ethyl adjacent to an activating group) is 1. The predicted octanol–water partition coefficient (Wildman–Crippen LogP) is 4.28. The minimum absolute atomic E-state index is 0.121. The van der Waals surface area contributed by atoms with Gasteiger partial charge in [0.15, 0.2) is 0 Å². The summed E-state index contributed by atoms with van der Waals surface area (Å²) in [6.45, 7) is 6.91. The molecule has 0 aromatic heterocycles. The van der Waals surface area contributed by atoms with Gasteiger partial charge >= 0.3 is 6.18 Å². The molecule has 0 amide bonds. The molecule has 1 saturated heterocycles. The second-order valence-electron chi connectivity index (χ2n) is 7.89.